The number of carboxylic acids is 1. The number of phenolic OH excluding ortho intramolecular Hbond substituents is 1. The molecule has 0 aromatic heterocycles. The van der Waals surface area contributed by atoms with E-state index in [1.54, 1.807) is 6.92 Å². The second-order valence-electron chi connectivity index (χ2n) is 3.41. The van der Waals surface area contributed by atoms with Crippen molar-refractivity contribution in [3.05, 3.63) is 28.8 Å². The average Bonchev–Trinajstić information content (AvgIpc) is 2.22. The van der Waals surface area contributed by atoms with Crippen LogP contribution < -0.4 is 0 Å². The minimum Gasteiger partial charge on any atom is -0.505 e. The molecule has 0 saturated heterocycles. The molecule has 0 saturated carbocycles. The summed E-state index contributed by atoms with van der Waals surface area (Å²) >= 11 is 0. The normalized spacial score (nSPS) is 10.4. The Balaban J connectivity index is 3.08. The number of benzene rings is 1. The van der Waals surface area contributed by atoms with E-state index in [1.165, 1.54) is 0 Å². The minimum atomic E-state index is -1.08. The zero-order chi connectivity index (χ0) is 12.3. The first-order chi connectivity index (χ1) is 7.47. The Morgan fingerprint density at radius 2 is 2.06 bits per heavy atom. The highest BCUT2D eigenvalue weighted by Crippen LogP contribution is 2.28. The molecule has 0 aliphatic heterocycles. The number of carboxylic acid groups (broad SMARTS) is 1. The van der Waals surface area contributed by atoms with Crippen molar-refractivity contribution in [1.29, 1.82) is 0 Å². The Morgan fingerprint density at radius 3 is 2.56 bits per heavy atom. The lowest BCUT2D eigenvalue weighted by atomic mass is 10.0. The van der Waals surface area contributed by atoms with Gasteiger partial charge in [-0.1, -0.05) is 6.92 Å². The zero-order valence-electron chi connectivity index (χ0n) is 8.76. The van der Waals surface area contributed by atoms with Crippen molar-refractivity contribution in [2.75, 3.05) is 0 Å². The van der Waals surface area contributed by atoms with Crippen molar-refractivity contribution in [2.45, 2.75) is 26.2 Å². The number of phenols is 1. The van der Waals surface area contributed by atoms with Crippen LogP contribution in [0.2, 0.25) is 0 Å². The van der Waals surface area contributed by atoms with Crippen molar-refractivity contribution >= 4 is 5.97 Å². The summed E-state index contributed by atoms with van der Waals surface area (Å²) in [5.74, 6) is -3.49. The first-order valence-electron chi connectivity index (χ1n) is 4.87. The van der Waals surface area contributed by atoms with Crippen molar-refractivity contribution in [2.24, 2.45) is 0 Å². The largest absolute Gasteiger partial charge is 0.505 e. The first kappa shape index (κ1) is 12.4. The predicted octanol–water partition coefficient (Wildman–Crippen LogP) is 2.25. The van der Waals surface area contributed by atoms with E-state index < -0.39 is 23.4 Å². The fraction of sp³-hybridized carbons (Fsp3) is 0.364. The van der Waals surface area contributed by atoms with Crippen LogP contribution in [0.1, 0.15) is 24.5 Å². The summed E-state index contributed by atoms with van der Waals surface area (Å²) in [6, 6.07) is 0.986. The molecule has 3 nitrogen and oxygen atoms in total. The summed E-state index contributed by atoms with van der Waals surface area (Å²) in [7, 11) is 0. The molecule has 0 fully saturated rings. The molecule has 2 N–H and O–H groups in total. The molecule has 0 spiro atoms. The van der Waals surface area contributed by atoms with Crippen LogP contribution in [0.4, 0.5) is 8.78 Å². The van der Waals surface area contributed by atoms with Gasteiger partial charge in [0.05, 0.1) is 0 Å². The Bertz CT molecular complexity index is 416. The minimum absolute atomic E-state index is 0.0189. The second-order valence-corrected chi connectivity index (χ2v) is 3.41. The van der Waals surface area contributed by atoms with Gasteiger partial charge >= 0.3 is 5.97 Å². The molecule has 0 radical (unpaired) electrons. The van der Waals surface area contributed by atoms with Crippen molar-refractivity contribution in [3.8, 4) is 5.75 Å². The average molecular weight is 230 g/mol. The van der Waals surface area contributed by atoms with E-state index in [4.69, 9.17) is 5.11 Å². The zero-order valence-corrected chi connectivity index (χ0v) is 8.76. The van der Waals surface area contributed by atoms with Crippen LogP contribution in [-0.4, -0.2) is 16.2 Å². The van der Waals surface area contributed by atoms with Crippen molar-refractivity contribution in [3.63, 3.8) is 0 Å². The maximum Gasteiger partial charge on any atom is 0.303 e. The maximum atomic E-state index is 13.4. The van der Waals surface area contributed by atoms with Gasteiger partial charge in [0.2, 0.25) is 0 Å². The number of rotatable bonds is 4. The summed E-state index contributed by atoms with van der Waals surface area (Å²) in [5.41, 5.74) is -0.203. The van der Waals surface area contributed by atoms with E-state index >= 15 is 0 Å². The molecule has 5 heteroatoms. The molecule has 0 amide bonds. The van der Waals surface area contributed by atoms with Gasteiger partial charge in [0.25, 0.3) is 0 Å². The number of halogens is 2. The van der Waals surface area contributed by atoms with Crippen LogP contribution in [0.3, 0.4) is 0 Å². The number of aromatic hydroxyl groups is 1. The van der Waals surface area contributed by atoms with Crippen molar-refractivity contribution in [1.82, 2.24) is 0 Å². The van der Waals surface area contributed by atoms with E-state index in [9.17, 15) is 18.7 Å². The lowest BCUT2D eigenvalue weighted by Gasteiger charge is -2.09. The van der Waals surface area contributed by atoms with Crippen LogP contribution in [0.25, 0.3) is 0 Å². The molecule has 1 aromatic rings. The highest BCUT2D eigenvalue weighted by molar-refractivity contribution is 5.67. The van der Waals surface area contributed by atoms with Crippen LogP contribution in [0, 0.1) is 11.6 Å². The van der Waals surface area contributed by atoms with Crippen LogP contribution in [-0.2, 0) is 17.6 Å². The van der Waals surface area contributed by atoms with E-state index in [1.807, 2.05) is 0 Å². The number of carbonyl (C=O) groups is 1. The summed E-state index contributed by atoms with van der Waals surface area (Å²) in [5, 5.41) is 17.8. The Morgan fingerprint density at radius 1 is 1.44 bits per heavy atom. The molecule has 0 unspecified atom stereocenters. The van der Waals surface area contributed by atoms with Gasteiger partial charge in [-0.15, -0.1) is 0 Å². The molecular formula is C11H12F2O3. The predicted molar refractivity (Wildman–Crippen MR) is 53.4 cm³/mol. The van der Waals surface area contributed by atoms with Gasteiger partial charge < -0.3 is 10.2 Å². The first-order valence-corrected chi connectivity index (χ1v) is 4.87. The van der Waals surface area contributed by atoms with E-state index in [2.05, 4.69) is 0 Å². The summed E-state index contributed by atoms with van der Waals surface area (Å²) in [6.45, 7) is 1.57. The fourth-order valence-corrected chi connectivity index (χ4v) is 1.45. The third-order valence-electron chi connectivity index (χ3n) is 2.33. The Kier molecular flexibility index (Phi) is 3.82. The molecule has 0 heterocycles. The molecule has 1 aromatic carbocycles. The molecule has 0 aliphatic carbocycles. The van der Waals surface area contributed by atoms with Gasteiger partial charge in [0.1, 0.15) is 5.82 Å². The number of hydrogen-bond acceptors (Lipinski definition) is 2. The summed E-state index contributed by atoms with van der Waals surface area (Å²) in [4.78, 5) is 10.3. The van der Waals surface area contributed by atoms with Crippen LogP contribution in [0.5, 0.6) is 5.75 Å². The second kappa shape index (κ2) is 4.92. The fourth-order valence-electron chi connectivity index (χ4n) is 1.45. The monoisotopic (exact) mass is 230 g/mol. The number of aryl methyl sites for hydroxylation is 1. The van der Waals surface area contributed by atoms with Gasteiger partial charge in [-0.05, 0) is 18.9 Å². The highest BCUT2D eigenvalue weighted by atomic mass is 19.1. The maximum absolute atomic E-state index is 13.4. The third-order valence-corrected chi connectivity index (χ3v) is 2.33. The number of hydrogen-bond donors (Lipinski definition) is 2. The highest BCUT2D eigenvalue weighted by Gasteiger charge is 2.17. The summed E-state index contributed by atoms with van der Waals surface area (Å²) < 4.78 is 26.7. The van der Waals surface area contributed by atoms with Gasteiger partial charge in [-0.3, -0.25) is 4.79 Å². The van der Waals surface area contributed by atoms with Gasteiger partial charge in [-0.25, -0.2) is 8.78 Å². The molecule has 0 atom stereocenters. The SMILES string of the molecule is CCc1c(F)cc(CCC(=O)O)c(O)c1F. The molecule has 88 valence electrons. The Labute approximate surface area is 91.3 Å². The molecule has 1 rings (SSSR count). The van der Waals surface area contributed by atoms with Crippen molar-refractivity contribution < 1.29 is 23.8 Å². The molecule has 0 aliphatic rings. The summed E-state index contributed by atoms with van der Waals surface area (Å²) in [6.07, 6.45) is -0.249. The lowest BCUT2D eigenvalue weighted by Crippen LogP contribution is -2.02. The third kappa shape index (κ3) is 2.48. The van der Waals surface area contributed by atoms with Crippen LogP contribution in [0.15, 0.2) is 6.07 Å². The van der Waals surface area contributed by atoms with Crippen LogP contribution >= 0.6 is 0 Å². The van der Waals surface area contributed by atoms with E-state index in [0.717, 1.165) is 6.07 Å². The smallest absolute Gasteiger partial charge is 0.303 e. The van der Waals surface area contributed by atoms with Gasteiger partial charge in [0, 0.05) is 17.5 Å². The van der Waals surface area contributed by atoms with Gasteiger partial charge in [-0.2, -0.15) is 0 Å². The van der Waals surface area contributed by atoms with E-state index in [-0.39, 0.29) is 30.4 Å². The lowest BCUT2D eigenvalue weighted by molar-refractivity contribution is -0.136. The quantitative estimate of drug-likeness (QED) is 0.834. The molecule has 16 heavy (non-hydrogen) atoms. The van der Waals surface area contributed by atoms with E-state index in [0.29, 0.717) is 0 Å². The molecule has 0 bridgehead atoms. The topological polar surface area (TPSA) is 57.5 Å². The number of aliphatic carboxylic acids is 1. The standard InChI is InChI=1S/C11H12F2O3/c1-2-7-8(12)5-6(3-4-9(14)15)11(16)10(7)13/h5,16H,2-4H2,1H3,(H,14,15). The molecular weight excluding hydrogens is 218 g/mol. The van der Waals surface area contributed by atoms with Gasteiger partial charge in [0.15, 0.2) is 11.6 Å². The Hall–Kier alpha value is -1.65.